The van der Waals surface area contributed by atoms with Crippen molar-refractivity contribution >= 4 is 35.3 Å². The van der Waals surface area contributed by atoms with E-state index < -0.39 is 15.5 Å². The van der Waals surface area contributed by atoms with E-state index in [9.17, 15) is 9.59 Å². The van der Waals surface area contributed by atoms with Crippen LogP contribution >= 0.6 is 23.5 Å². The van der Waals surface area contributed by atoms with Crippen molar-refractivity contribution in [2.45, 2.75) is 22.5 Å². The van der Waals surface area contributed by atoms with E-state index in [1.54, 1.807) is 30.4 Å². The summed E-state index contributed by atoms with van der Waals surface area (Å²) >= 11 is 3.36. The summed E-state index contributed by atoms with van der Waals surface area (Å²) in [5.41, 5.74) is 6.78. The third-order valence-corrected chi connectivity index (χ3v) is 12.1. The molecule has 4 nitrogen and oxygen atoms in total. The molecule has 0 aromatic heterocycles. The first-order valence-electron chi connectivity index (χ1n) is 17.2. The van der Waals surface area contributed by atoms with Gasteiger partial charge < -0.3 is 10.6 Å². The number of thioether (sulfide) groups is 2. The molecule has 2 amide bonds. The summed E-state index contributed by atoms with van der Waals surface area (Å²) in [6.45, 7) is 2.19. The number of amides is 2. The molecule has 256 valence electrons. The number of carbonyl (C=O) groups is 2. The minimum atomic E-state index is -0.690. The van der Waals surface area contributed by atoms with Crippen LogP contribution < -0.4 is 10.6 Å². The van der Waals surface area contributed by atoms with Crippen LogP contribution in [0.25, 0.3) is 0 Å². The van der Waals surface area contributed by atoms with E-state index in [0.29, 0.717) is 12.3 Å². The van der Waals surface area contributed by atoms with Gasteiger partial charge in [-0.1, -0.05) is 182 Å². The second kappa shape index (κ2) is 17.3. The van der Waals surface area contributed by atoms with Crippen molar-refractivity contribution < 1.29 is 9.59 Å². The maximum Gasteiger partial charge on any atom is 0.242 e. The van der Waals surface area contributed by atoms with Gasteiger partial charge in [-0.3, -0.25) is 9.59 Å². The fraction of sp³-hybridized carbons (Fsp3) is 0.156. The van der Waals surface area contributed by atoms with Crippen LogP contribution in [0.2, 0.25) is 0 Å². The predicted molar refractivity (Wildman–Crippen MR) is 214 cm³/mol. The van der Waals surface area contributed by atoms with E-state index >= 15 is 0 Å². The summed E-state index contributed by atoms with van der Waals surface area (Å²) in [5.74, 6) is 0.425. The monoisotopic (exact) mass is 706 g/mol. The summed E-state index contributed by atoms with van der Waals surface area (Å²) in [5, 5.41) is 6.05. The molecule has 0 radical (unpaired) electrons. The molecule has 1 atom stereocenters. The first kappa shape index (κ1) is 35.8. The smallest absolute Gasteiger partial charge is 0.242 e. The predicted octanol–water partition coefficient (Wildman–Crippen LogP) is 9.06. The number of hydrogen-bond donors (Lipinski definition) is 2. The Labute approximate surface area is 310 Å². The SMILES string of the molecule is CC(NC(=O)CSC(c1ccccc1)(c1ccccc1)c1ccccc1)C(=O)NCCSC(c1ccccc1)(c1ccccc1)c1ccccc1. The number of carbonyl (C=O) groups excluding carboxylic acids is 2. The number of hydrogen-bond acceptors (Lipinski definition) is 4. The molecule has 0 spiro atoms. The molecule has 6 heteroatoms. The van der Waals surface area contributed by atoms with Gasteiger partial charge in [-0.15, -0.1) is 23.5 Å². The van der Waals surface area contributed by atoms with E-state index in [2.05, 4.69) is 120 Å². The van der Waals surface area contributed by atoms with E-state index in [-0.39, 0.29) is 17.6 Å². The van der Waals surface area contributed by atoms with Gasteiger partial charge in [-0.2, -0.15) is 0 Å². The number of rotatable bonds is 15. The molecular weight excluding hydrogens is 665 g/mol. The van der Waals surface area contributed by atoms with Crippen LogP contribution in [0, 0.1) is 0 Å². The molecular formula is C45H42N2O2S2. The number of benzene rings is 6. The van der Waals surface area contributed by atoms with E-state index in [1.165, 1.54) is 16.7 Å². The van der Waals surface area contributed by atoms with Crippen LogP contribution in [0.4, 0.5) is 0 Å². The highest BCUT2D eigenvalue weighted by molar-refractivity contribution is 8.01. The minimum Gasteiger partial charge on any atom is -0.353 e. The molecule has 0 heterocycles. The van der Waals surface area contributed by atoms with Crippen molar-refractivity contribution in [2.75, 3.05) is 18.1 Å². The Balaban J connectivity index is 1.13. The van der Waals surface area contributed by atoms with E-state index in [0.717, 1.165) is 16.7 Å². The van der Waals surface area contributed by atoms with Crippen molar-refractivity contribution in [3.05, 3.63) is 215 Å². The molecule has 0 fully saturated rings. The molecule has 0 aliphatic carbocycles. The minimum absolute atomic E-state index is 0.167. The zero-order valence-corrected chi connectivity index (χ0v) is 30.3. The van der Waals surface area contributed by atoms with Gasteiger partial charge in [0.05, 0.1) is 15.2 Å². The van der Waals surface area contributed by atoms with Gasteiger partial charge in [0.15, 0.2) is 0 Å². The van der Waals surface area contributed by atoms with Gasteiger partial charge in [0.2, 0.25) is 11.8 Å². The second-order valence-corrected chi connectivity index (χ2v) is 14.8. The third-order valence-electron chi connectivity index (χ3n) is 8.99. The first-order valence-corrected chi connectivity index (χ1v) is 19.2. The van der Waals surface area contributed by atoms with Crippen LogP contribution in [-0.4, -0.2) is 35.9 Å². The molecule has 0 aliphatic rings. The summed E-state index contributed by atoms with van der Waals surface area (Å²) < 4.78 is -1.08. The van der Waals surface area contributed by atoms with Crippen molar-refractivity contribution in [3.8, 4) is 0 Å². The fourth-order valence-corrected chi connectivity index (χ4v) is 9.35. The average molecular weight is 707 g/mol. The topological polar surface area (TPSA) is 58.2 Å². The first-order chi connectivity index (χ1) is 25.0. The normalized spacial score (nSPS) is 12.1. The highest BCUT2D eigenvalue weighted by Crippen LogP contribution is 2.49. The molecule has 2 N–H and O–H groups in total. The third kappa shape index (κ3) is 8.14. The standard InChI is InChI=1S/C45H42N2O2S2/c1-35(47-42(48)34-51-45(39-26-14-5-15-27-39,40-28-16-6-17-29-40)41-30-18-7-19-31-41)43(49)46-32-33-50-44(36-20-8-2-9-21-36,37-22-10-3-11-23-37)38-24-12-4-13-25-38/h2-31,35H,32-34H2,1H3,(H,46,49)(H,47,48). The molecule has 6 rings (SSSR count). The molecule has 6 aromatic carbocycles. The van der Waals surface area contributed by atoms with Crippen LogP contribution in [0.5, 0.6) is 0 Å². The Morgan fingerprint density at radius 1 is 0.490 bits per heavy atom. The summed E-state index contributed by atoms with van der Waals surface area (Å²) in [6, 6.07) is 61.8. The molecule has 0 aliphatic heterocycles. The Morgan fingerprint density at radius 3 is 1.10 bits per heavy atom. The Hall–Kier alpha value is -5.04. The fourth-order valence-electron chi connectivity index (χ4n) is 6.59. The van der Waals surface area contributed by atoms with Crippen LogP contribution in [-0.2, 0) is 19.1 Å². The lowest BCUT2D eigenvalue weighted by Gasteiger charge is -2.35. The molecule has 0 bridgehead atoms. The van der Waals surface area contributed by atoms with Gasteiger partial charge in [-0.25, -0.2) is 0 Å². The van der Waals surface area contributed by atoms with Crippen LogP contribution in [0.3, 0.4) is 0 Å². The summed E-state index contributed by atoms with van der Waals surface area (Å²) in [6.07, 6.45) is 0. The summed E-state index contributed by atoms with van der Waals surface area (Å²) in [7, 11) is 0. The zero-order valence-electron chi connectivity index (χ0n) is 28.7. The van der Waals surface area contributed by atoms with Crippen LogP contribution in [0.1, 0.15) is 40.3 Å². The highest BCUT2D eigenvalue weighted by Gasteiger charge is 2.38. The van der Waals surface area contributed by atoms with Gasteiger partial charge in [0.1, 0.15) is 6.04 Å². The molecule has 51 heavy (non-hydrogen) atoms. The highest BCUT2D eigenvalue weighted by atomic mass is 32.2. The van der Waals surface area contributed by atoms with Gasteiger partial charge in [0.25, 0.3) is 0 Å². The second-order valence-electron chi connectivity index (χ2n) is 12.3. The van der Waals surface area contributed by atoms with Crippen molar-refractivity contribution in [1.29, 1.82) is 0 Å². The quantitative estimate of drug-likeness (QED) is 0.0827. The van der Waals surface area contributed by atoms with E-state index in [1.807, 2.05) is 72.8 Å². The van der Waals surface area contributed by atoms with Crippen molar-refractivity contribution in [2.24, 2.45) is 0 Å². The molecule has 0 saturated heterocycles. The molecule has 0 saturated carbocycles. The van der Waals surface area contributed by atoms with Gasteiger partial charge >= 0.3 is 0 Å². The molecule has 1 unspecified atom stereocenters. The van der Waals surface area contributed by atoms with Gasteiger partial charge in [0, 0.05) is 12.3 Å². The Morgan fingerprint density at radius 2 is 0.784 bits per heavy atom. The maximum absolute atomic E-state index is 13.5. The Bertz CT molecular complexity index is 1770. The lowest BCUT2D eigenvalue weighted by molar-refractivity contribution is -0.127. The molecule has 6 aromatic rings. The van der Waals surface area contributed by atoms with Crippen LogP contribution in [0.15, 0.2) is 182 Å². The zero-order chi connectivity index (χ0) is 35.4. The average Bonchev–Trinajstić information content (AvgIpc) is 3.20. The maximum atomic E-state index is 13.5. The summed E-state index contributed by atoms with van der Waals surface area (Å²) in [4.78, 5) is 26.9. The van der Waals surface area contributed by atoms with E-state index in [4.69, 9.17) is 0 Å². The van der Waals surface area contributed by atoms with Crippen molar-refractivity contribution in [3.63, 3.8) is 0 Å². The lowest BCUT2D eigenvalue weighted by atomic mass is 9.84. The number of nitrogens with one attached hydrogen (secondary N) is 2. The van der Waals surface area contributed by atoms with Crippen molar-refractivity contribution in [1.82, 2.24) is 10.6 Å². The Kier molecular flexibility index (Phi) is 12.1. The van der Waals surface area contributed by atoms with Gasteiger partial charge in [-0.05, 0) is 40.3 Å². The lowest BCUT2D eigenvalue weighted by Crippen LogP contribution is -2.46. The largest absolute Gasteiger partial charge is 0.353 e.